The molecule has 294 valence electrons. The van der Waals surface area contributed by atoms with Crippen LogP contribution in [0.25, 0.3) is 11.0 Å². The topological polar surface area (TPSA) is 146 Å². The molecule has 3 aliphatic heterocycles. The molecule has 1 saturated carbocycles. The number of aromatic nitrogens is 4. The van der Waals surface area contributed by atoms with Crippen molar-refractivity contribution < 1.29 is 14.4 Å². The minimum absolute atomic E-state index is 0.0286. The van der Waals surface area contributed by atoms with Crippen molar-refractivity contribution in [3.63, 3.8) is 0 Å². The maximum Gasteiger partial charge on any atom is 0.263 e. The first-order valence-electron chi connectivity index (χ1n) is 20.5. The molecule has 6 heterocycles. The minimum Gasteiger partial charge on any atom is -0.372 e. The summed E-state index contributed by atoms with van der Waals surface area (Å²) < 4.78 is 1.73. The van der Waals surface area contributed by atoms with E-state index < -0.39 is 0 Å². The number of nitrogens with zero attached hydrogens (tertiary/aromatic N) is 7. The van der Waals surface area contributed by atoms with Gasteiger partial charge in [0.2, 0.25) is 17.8 Å². The quantitative estimate of drug-likeness (QED) is 0.139. The minimum atomic E-state index is -0.256. The molecule has 3 aromatic heterocycles. The molecular weight excluding hydrogens is 707 g/mol. The van der Waals surface area contributed by atoms with E-state index in [0.717, 1.165) is 94.1 Å². The Kier molecular flexibility index (Phi) is 11.1. The van der Waals surface area contributed by atoms with Crippen molar-refractivity contribution in [2.45, 2.75) is 90.0 Å². The van der Waals surface area contributed by atoms with Gasteiger partial charge in [0.05, 0.1) is 23.4 Å². The van der Waals surface area contributed by atoms with Gasteiger partial charge in [0.25, 0.3) is 5.56 Å². The number of rotatable bonds is 11. The molecule has 3 saturated heterocycles. The lowest BCUT2D eigenvalue weighted by atomic mass is 9.89. The highest BCUT2D eigenvalue weighted by molar-refractivity contribution is 6.01. The fraction of sp³-hybridized carbons (Fsp3) is 0.512. The zero-order valence-electron chi connectivity index (χ0n) is 32.6. The van der Waals surface area contributed by atoms with Crippen LogP contribution in [0.1, 0.15) is 105 Å². The molecule has 1 atom stereocenters. The molecule has 0 radical (unpaired) electrons. The molecule has 2 amide bonds. The maximum absolute atomic E-state index is 13.6. The van der Waals surface area contributed by atoms with Gasteiger partial charge in [0, 0.05) is 69.0 Å². The molecule has 13 nitrogen and oxygen atoms in total. The lowest BCUT2D eigenvalue weighted by molar-refractivity contribution is -0.134. The van der Waals surface area contributed by atoms with Crippen LogP contribution in [-0.4, -0.2) is 87.8 Å². The third-order valence-corrected chi connectivity index (χ3v) is 12.6. The summed E-state index contributed by atoms with van der Waals surface area (Å²) >= 11 is 0. The number of amides is 2. The van der Waals surface area contributed by atoms with Crippen LogP contribution in [0.5, 0.6) is 0 Å². The van der Waals surface area contributed by atoms with Crippen LogP contribution in [0.4, 0.5) is 23.1 Å². The zero-order valence-corrected chi connectivity index (χ0v) is 32.6. The number of piperazine rings is 1. The number of hydrogen-bond donors (Lipinski definition) is 2. The molecule has 56 heavy (non-hydrogen) atoms. The second-order valence-electron chi connectivity index (χ2n) is 16.1. The number of anilines is 4. The summed E-state index contributed by atoms with van der Waals surface area (Å²) in [6.45, 7) is 10.5. The lowest BCUT2D eigenvalue weighted by Crippen LogP contribution is -2.46. The average molecular weight is 760 g/mol. The summed E-state index contributed by atoms with van der Waals surface area (Å²) in [6.07, 6.45) is 13.4. The van der Waals surface area contributed by atoms with Crippen LogP contribution >= 0.6 is 0 Å². The van der Waals surface area contributed by atoms with Crippen molar-refractivity contribution in [2.24, 2.45) is 5.92 Å². The van der Waals surface area contributed by atoms with Crippen LogP contribution in [0.2, 0.25) is 0 Å². The lowest BCUT2D eigenvalue weighted by Gasteiger charge is -2.37. The van der Waals surface area contributed by atoms with E-state index in [9.17, 15) is 19.2 Å². The van der Waals surface area contributed by atoms with Crippen molar-refractivity contribution >= 4 is 51.8 Å². The van der Waals surface area contributed by atoms with Crippen molar-refractivity contribution in [1.29, 1.82) is 0 Å². The molecule has 4 aliphatic rings. The first kappa shape index (κ1) is 37.7. The Balaban J connectivity index is 0.786. The number of benzene rings is 1. The number of carbonyl (C=O) groups excluding carboxylic acids is 3. The highest BCUT2D eigenvalue weighted by atomic mass is 16.2. The fourth-order valence-electron chi connectivity index (χ4n) is 9.31. The summed E-state index contributed by atoms with van der Waals surface area (Å²) in [4.78, 5) is 71.3. The molecule has 0 spiro atoms. The van der Waals surface area contributed by atoms with Crippen LogP contribution < -0.4 is 26.0 Å². The molecule has 4 aromatic rings. The van der Waals surface area contributed by atoms with Crippen molar-refractivity contribution in [2.75, 3.05) is 60.9 Å². The Labute approximate surface area is 327 Å². The van der Waals surface area contributed by atoms with Crippen molar-refractivity contribution in [3.8, 4) is 0 Å². The smallest absolute Gasteiger partial charge is 0.263 e. The monoisotopic (exact) mass is 759 g/mol. The van der Waals surface area contributed by atoms with Crippen molar-refractivity contribution in [3.05, 3.63) is 75.8 Å². The molecule has 1 aromatic carbocycles. The molecule has 1 aliphatic carbocycles. The van der Waals surface area contributed by atoms with Crippen LogP contribution in [0.3, 0.4) is 0 Å². The first-order chi connectivity index (χ1) is 27.2. The van der Waals surface area contributed by atoms with Crippen LogP contribution in [0, 0.1) is 12.8 Å². The number of pyridine rings is 2. The number of hydrogen-bond acceptors (Lipinski definition) is 11. The Morgan fingerprint density at radius 1 is 0.839 bits per heavy atom. The predicted molar refractivity (Wildman–Crippen MR) is 218 cm³/mol. The summed E-state index contributed by atoms with van der Waals surface area (Å²) in [5.41, 5.74) is 4.46. The van der Waals surface area contributed by atoms with Crippen molar-refractivity contribution in [1.82, 2.24) is 29.7 Å². The molecule has 1 unspecified atom stereocenters. The van der Waals surface area contributed by atoms with E-state index in [4.69, 9.17) is 4.98 Å². The largest absolute Gasteiger partial charge is 0.372 e. The van der Waals surface area contributed by atoms with E-state index >= 15 is 0 Å². The number of nitrogens with one attached hydrogen (secondary N) is 2. The molecule has 0 bridgehead atoms. The Morgan fingerprint density at radius 3 is 2.23 bits per heavy atom. The normalized spacial score (nSPS) is 20.1. The van der Waals surface area contributed by atoms with Gasteiger partial charge in [-0.15, -0.1) is 0 Å². The Bertz CT molecular complexity index is 2130. The van der Waals surface area contributed by atoms with Gasteiger partial charge in [-0.1, -0.05) is 25.0 Å². The van der Waals surface area contributed by atoms with Gasteiger partial charge in [-0.2, -0.15) is 4.98 Å². The predicted octanol–water partition coefficient (Wildman–Crippen LogP) is 5.90. The summed E-state index contributed by atoms with van der Waals surface area (Å²) in [5.74, 6) is 0.944. The summed E-state index contributed by atoms with van der Waals surface area (Å²) in [7, 11) is 0. The highest BCUT2D eigenvalue weighted by Gasteiger charge is 2.29. The second-order valence-corrected chi connectivity index (χ2v) is 16.1. The average Bonchev–Trinajstić information content (AvgIpc) is 3.73. The van der Waals surface area contributed by atoms with Crippen LogP contribution in [0.15, 0.2) is 53.6 Å². The number of imide groups is 1. The Morgan fingerprint density at radius 2 is 1.55 bits per heavy atom. The molecule has 13 heteroatoms. The number of carbonyl (C=O) groups is 3. The van der Waals surface area contributed by atoms with E-state index in [1.807, 2.05) is 12.3 Å². The summed E-state index contributed by atoms with van der Waals surface area (Å²) in [5, 5.41) is 6.43. The Hall–Kier alpha value is -5.17. The molecule has 4 fully saturated rings. The molecule has 8 rings (SSSR count). The van der Waals surface area contributed by atoms with E-state index in [2.05, 4.69) is 65.6 Å². The maximum atomic E-state index is 13.6. The zero-order chi connectivity index (χ0) is 38.8. The number of ketones is 1. The molecular formula is C43H53N9O4. The standard InChI is InChI=1S/C43H53N9O4/c1-28-36-27-45-43(48-40(36)52(33-7-3-4-8-33)42(56)39(28)29(2)53)46-37-15-13-34(26-44-37)51-24-22-49(23-25-51)19-5-6-30-17-20-50(21-18-30)32-11-9-31(10-12-32)35-14-16-38(54)47-41(35)55/h9-13,15,26-27,30,33,35H,3-8,14,16-25H2,1-2H3,(H,47,54,55)(H,44,45,46,48). The van der Waals surface area contributed by atoms with E-state index in [1.54, 1.807) is 17.7 Å². The van der Waals surface area contributed by atoms with Gasteiger partial charge in [-0.05, 0) is 107 Å². The number of fused-ring (bicyclic) bond motifs is 1. The second kappa shape index (κ2) is 16.5. The van der Waals surface area contributed by atoms with Gasteiger partial charge in [0.15, 0.2) is 5.78 Å². The third-order valence-electron chi connectivity index (χ3n) is 12.6. The van der Waals surface area contributed by atoms with E-state index in [-0.39, 0.29) is 40.7 Å². The van der Waals surface area contributed by atoms with Gasteiger partial charge < -0.3 is 15.1 Å². The number of aryl methyl sites for hydroxylation is 1. The van der Waals surface area contributed by atoms with Gasteiger partial charge in [-0.25, -0.2) is 9.97 Å². The number of Topliss-reactive ketones (excluding diaryl/α,β-unsaturated/α-hetero) is 1. The SMILES string of the molecule is CC(=O)c1c(C)c2cnc(Nc3ccc(N4CCN(CCCC5CCN(c6ccc(C7CCC(=O)NC7=O)cc6)CC5)CC4)cn3)nc2n(C2CCCC2)c1=O. The van der Waals surface area contributed by atoms with E-state index in [0.29, 0.717) is 35.8 Å². The van der Waals surface area contributed by atoms with Gasteiger partial charge >= 0.3 is 0 Å². The van der Waals surface area contributed by atoms with Crippen LogP contribution in [-0.2, 0) is 9.59 Å². The third kappa shape index (κ3) is 8.05. The summed E-state index contributed by atoms with van der Waals surface area (Å²) in [6, 6.07) is 12.4. The van der Waals surface area contributed by atoms with Gasteiger partial charge in [0.1, 0.15) is 11.5 Å². The fourth-order valence-corrected chi connectivity index (χ4v) is 9.31. The molecule has 2 N–H and O–H groups in total. The number of piperidine rings is 2. The highest BCUT2D eigenvalue weighted by Crippen LogP contribution is 2.33. The van der Waals surface area contributed by atoms with Gasteiger partial charge in [-0.3, -0.25) is 34.0 Å². The van der Waals surface area contributed by atoms with E-state index in [1.165, 1.54) is 38.3 Å². The first-order valence-corrected chi connectivity index (χ1v) is 20.5.